The second-order valence-electron chi connectivity index (χ2n) is 9.19. The van der Waals surface area contributed by atoms with Crippen molar-refractivity contribution >= 4 is 47.9 Å². The molecule has 2 heterocycles. The van der Waals surface area contributed by atoms with E-state index in [4.69, 9.17) is 0 Å². The highest BCUT2D eigenvalue weighted by atomic mass is 16.2. The molecule has 1 saturated heterocycles. The first-order valence-electron chi connectivity index (χ1n) is 12.4. The number of piperazine rings is 1. The molecule has 0 spiro atoms. The molecule has 7 nitrogen and oxygen atoms in total. The minimum Gasteiger partial charge on any atom is -0.393 e. The van der Waals surface area contributed by atoms with Gasteiger partial charge in [0.15, 0.2) is 5.78 Å². The molecule has 3 aromatic rings. The van der Waals surface area contributed by atoms with Gasteiger partial charge in [0.05, 0.1) is 5.57 Å². The SMILES string of the molecule is BCNc1cccc(C(=O)c2ccc3c(c2)NC(=O)C3=CNc2ccc(N3CCN(C)CC3)cc2)c1. The van der Waals surface area contributed by atoms with Gasteiger partial charge in [-0.2, -0.15) is 0 Å². The van der Waals surface area contributed by atoms with Crippen molar-refractivity contribution in [3.8, 4) is 0 Å². The van der Waals surface area contributed by atoms with Gasteiger partial charge >= 0.3 is 0 Å². The van der Waals surface area contributed by atoms with Crippen molar-refractivity contribution < 1.29 is 9.59 Å². The maximum atomic E-state index is 13.1. The zero-order chi connectivity index (χ0) is 25.1. The van der Waals surface area contributed by atoms with Gasteiger partial charge in [-0.25, -0.2) is 0 Å². The maximum Gasteiger partial charge on any atom is 0.257 e. The normalized spacial score (nSPS) is 16.5. The molecule has 5 rings (SSSR count). The summed E-state index contributed by atoms with van der Waals surface area (Å²) >= 11 is 0. The number of rotatable bonds is 7. The van der Waals surface area contributed by atoms with Crippen LogP contribution in [-0.2, 0) is 4.79 Å². The van der Waals surface area contributed by atoms with Crippen LogP contribution in [0.2, 0.25) is 0 Å². The minimum absolute atomic E-state index is 0.0807. The number of ketones is 1. The van der Waals surface area contributed by atoms with E-state index in [1.54, 1.807) is 24.4 Å². The predicted octanol–water partition coefficient (Wildman–Crippen LogP) is 3.08. The predicted molar refractivity (Wildman–Crippen MR) is 150 cm³/mol. The van der Waals surface area contributed by atoms with Gasteiger partial charge in [-0.3, -0.25) is 9.59 Å². The first-order chi connectivity index (χ1) is 17.5. The fourth-order valence-electron chi connectivity index (χ4n) is 4.61. The molecular weight excluding hydrogens is 449 g/mol. The van der Waals surface area contributed by atoms with Crippen LogP contribution in [0.1, 0.15) is 21.5 Å². The Kier molecular flexibility index (Phi) is 6.78. The summed E-state index contributed by atoms with van der Waals surface area (Å²) < 4.78 is 0. The van der Waals surface area contributed by atoms with Crippen molar-refractivity contribution in [3.05, 3.63) is 89.6 Å². The van der Waals surface area contributed by atoms with Gasteiger partial charge < -0.3 is 25.8 Å². The van der Waals surface area contributed by atoms with Crippen LogP contribution in [0.15, 0.2) is 72.9 Å². The molecule has 0 atom stereocenters. The Balaban J connectivity index is 1.29. The second-order valence-corrected chi connectivity index (χ2v) is 9.19. The van der Waals surface area contributed by atoms with Gasteiger partial charge in [-0.05, 0) is 56.0 Å². The number of benzene rings is 3. The quantitative estimate of drug-likeness (QED) is 0.275. The lowest BCUT2D eigenvalue weighted by Gasteiger charge is -2.34. The summed E-state index contributed by atoms with van der Waals surface area (Å²) in [5.41, 5.74) is 6.14. The van der Waals surface area contributed by atoms with Crippen molar-refractivity contribution in [1.82, 2.24) is 4.90 Å². The number of nitrogens with one attached hydrogen (secondary N) is 3. The Morgan fingerprint density at radius 3 is 2.47 bits per heavy atom. The number of carbonyl (C=O) groups excluding carboxylic acids is 2. The van der Waals surface area contributed by atoms with E-state index in [1.165, 1.54) is 5.69 Å². The Morgan fingerprint density at radius 1 is 0.972 bits per heavy atom. The summed E-state index contributed by atoms with van der Waals surface area (Å²) in [4.78, 5) is 30.5. The lowest BCUT2D eigenvalue weighted by Crippen LogP contribution is -2.44. The molecule has 0 radical (unpaired) electrons. The van der Waals surface area contributed by atoms with Crippen molar-refractivity contribution in [2.45, 2.75) is 0 Å². The highest BCUT2D eigenvalue weighted by Gasteiger charge is 2.25. The van der Waals surface area contributed by atoms with E-state index in [2.05, 4.69) is 44.9 Å². The summed E-state index contributed by atoms with van der Waals surface area (Å²) in [6.07, 6.45) is 2.51. The average Bonchev–Trinajstić information content (AvgIpc) is 3.22. The Labute approximate surface area is 212 Å². The number of fused-ring (bicyclic) bond motifs is 1. The third-order valence-corrected chi connectivity index (χ3v) is 6.69. The molecule has 0 bridgehead atoms. The van der Waals surface area contributed by atoms with E-state index in [0.717, 1.165) is 49.6 Å². The summed E-state index contributed by atoms with van der Waals surface area (Å²) in [5.74, 6) is -0.270. The van der Waals surface area contributed by atoms with Crippen LogP contribution in [-0.4, -0.2) is 64.1 Å². The van der Waals surface area contributed by atoms with Gasteiger partial charge in [-0.1, -0.05) is 24.3 Å². The molecule has 0 aliphatic carbocycles. The molecule has 2 aliphatic heterocycles. The lowest BCUT2D eigenvalue weighted by molar-refractivity contribution is -0.110. The number of hydrogen-bond donors (Lipinski definition) is 3. The molecule has 0 saturated carbocycles. The fourth-order valence-corrected chi connectivity index (χ4v) is 4.61. The van der Waals surface area contributed by atoms with Crippen molar-refractivity contribution in [2.75, 3.05) is 60.5 Å². The molecule has 1 amide bonds. The third-order valence-electron chi connectivity index (χ3n) is 6.69. The van der Waals surface area contributed by atoms with Crippen LogP contribution in [0.3, 0.4) is 0 Å². The molecular formula is C28H30BN5O2. The number of nitrogens with zero attached hydrogens (tertiary/aromatic N) is 2. The minimum atomic E-state index is -0.190. The van der Waals surface area contributed by atoms with Crippen molar-refractivity contribution in [2.24, 2.45) is 0 Å². The van der Waals surface area contributed by atoms with E-state index in [1.807, 2.05) is 44.2 Å². The standard InChI is InChI=1S/C28H30BN5O2/c1-33-11-13-34(14-12-33)23-8-6-21(7-9-23)30-17-25-24-10-5-20(16-26(24)32-28(25)36)27(35)19-3-2-4-22(15-19)31-18-29/h2-10,15-17,30-31H,11-14,18,29H2,1H3,(H,32,36). The monoisotopic (exact) mass is 479 g/mol. The number of anilines is 4. The van der Waals surface area contributed by atoms with Crippen LogP contribution in [0.5, 0.6) is 0 Å². The number of hydrogen-bond acceptors (Lipinski definition) is 6. The van der Waals surface area contributed by atoms with Gasteiger partial charge in [0.25, 0.3) is 5.91 Å². The van der Waals surface area contributed by atoms with Gasteiger partial charge in [0.1, 0.15) is 7.85 Å². The van der Waals surface area contributed by atoms with Crippen LogP contribution < -0.4 is 20.9 Å². The summed E-state index contributed by atoms with van der Waals surface area (Å²) in [6, 6.07) is 21.1. The van der Waals surface area contributed by atoms with Crippen molar-refractivity contribution in [1.29, 1.82) is 0 Å². The smallest absolute Gasteiger partial charge is 0.257 e. The fraction of sp³-hybridized carbons (Fsp3) is 0.214. The van der Waals surface area contributed by atoms with Crippen LogP contribution in [0.25, 0.3) is 5.57 Å². The topological polar surface area (TPSA) is 76.7 Å². The highest BCUT2D eigenvalue weighted by molar-refractivity contribution is 6.32. The highest BCUT2D eigenvalue weighted by Crippen LogP contribution is 2.33. The Hall–Kier alpha value is -4.04. The Morgan fingerprint density at radius 2 is 1.72 bits per heavy atom. The Bertz CT molecular complexity index is 1310. The van der Waals surface area contributed by atoms with Gasteiger partial charge in [0, 0.05) is 71.8 Å². The molecule has 8 heteroatoms. The zero-order valence-electron chi connectivity index (χ0n) is 20.7. The zero-order valence-corrected chi connectivity index (χ0v) is 20.7. The number of carbonyl (C=O) groups is 2. The van der Waals surface area contributed by atoms with E-state index in [-0.39, 0.29) is 11.7 Å². The van der Waals surface area contributed by atoms with Crippen LogP contribution in [0, 0.1) is 0 Å². The molecule has 36 heavy (non-hydrogen) atoms. The lowest BCUT2D eigenvalue weighted by atomic mass is 9.99. The average molecular weight is 479 g/mol. The number of likely N-dealkylation sites (N-methyl/N-ethyl adjacent to an activating group) is 1. The van der Waals surface area contributed by atoms with E-state index >= 15 is 0 Å². The van der Waals surface area contributed by atoms with Crippen molar-refractivity contribution in [3.63, 3.8) is 0 Å². The molecule has 3 N–H and O–H groups in total. The molecule has 1 fully saturated rings. The summed E-state index contributed by atoms with van der Waals surface area (Å²) in [6.45, 7) is 4.18. The largest absolute Gasteiger partial charge is 0.393 e. The molecule has 182 valence electrons. The van der Waals surface area contributed by atoms with Crippen LogP contribution in [0.4, 0.5) is 22.7 Å². The number of amides is 1. The third kappa shape index (κ3) is 4.99. The molecule has 3 aromatic carbocycles. The first-order valence-corrected chi connectivity index (χ1v) is 12.4. The molecule has 0 unspecified atom stereocenters. The van der Waals surface area contributed by atoms with Crippen LogP contribution >= 0.6 is 0 Å². The summed E-state index contributed by atoms with van der Waals surface area (Å²) in [7, 11) is 4.17. The maximum absolute atomic E-state index is 13.1. The first kappa shape index (κ1) is 23.7. The second kappa shape index (κ2) is 10.3. The molecule has 0 aromatic heterocycles. The van der Waals surface area contributed by atoms with E-state index < -0.39 is 0 Å². The van der Waals surface area contributed by atoms with Gasteiger partial charge in [0.2, 0.25) is 0 Å². The van der Waals surface area contributed by atoms with Gasteiger partial charge in [-0.15, -0.1) is 0 Å². The van der Waals surface area contributed by atoms with E-state index in [0.29, 0.717) is 22.4 Å². The van der Waals surface area contributed by atoms with E-state index in [9.17, 15) is 9.59 Å². The summed E-state index contributed by atoms with van der Waals surface area (Å²) in [5, 5.41) is 9.38. The molecule has 2 aliphatic rings.